The van der Waals surface area contributed by atoms with Gasteiger partial charge in [-0.15, -0.1) is 5.10 Å². The van der Waals surface area contributed by atoms with Gasteiger partial charge in [0.1, 0.15) is 0 Å². The highest BCUT2D eigenvalue weighted by Crippen LogP contribution is 2.28. The quantitative estimate of drug-likeness (QED) is 0.397. The van der Waals surface area contributed by atoms with Gasteiger partial charge in [-0.2, -0.15) is 0 Å². The molecule has 0 unspecified atom stereocenters. The molecule has 0 bridgehead atoms. The molecule has 1 fully saturated rings. The number of aryl methyl sites for hydroxylation is 2. The minimum atomic E-state index is -0.0268. The van der Waals surface area contributed by atoms with Crippen LogP contribution in [0.15, 0.2) is 53.3 Å². The van der Waals surface area contributed by atoms with Gasteiger partial charge in [0.2, 0.25) is 0 Å². The number of aromatic amines is 1. The number of fused-ring (bicyclic) bond motifs is 1. The number of nitrogens with one attached hydrogen (secondary N) is 1. The van der Waals surface area contributed by atoms with Gasteiger partial charge in [-0.1, -0.05) is 61.2 Å². The molecule has 0 atom stereocenters. The first-order valence-electron chi connectivity index (χ1n) is 12.7. The fourth-order valence-corrected chi connectivity index (χ4v) is 5.36. The standard InChI is InChI=1S/C28H34N6O/c1-20-15-21(2)27-23(16-20)17-24(28(35)29-27)18-33(14-13-22-9-5-3-6-10-22)19-26-30-31-32-34(26)25-11-7-4-8-12-25/h3,5-6,9-10,15-17,25H,4,7-8,11-14,18-19H2,1-2H3,(H,29,35). The predicted molar refractivity (Wildman–Crippen MR) is 138 cm³/mol. The second kappa shape index (κ2) is 10.5. The average molecular weight is 471 g/mol. The number of pyridine rings is 1. The summed E-state index contributed by atoms with van der Waals surface area (Å²) < 4.78 is 2.03. The third-order valence-electron chi connectivity index (χ3n) is 7.17. The number of aromatic nitrogens is 5. The molecule has 0 spiro atoms. The second-order valence-electron chi connectivity index (χ2n) is 9.95. The Hall–Kier alpha value is -3.32. The third-order valence-corrected chi connectivity index (χ3v) is 7.17. The van der Waals surface area contributed by atoms with Crippen LogP contribution in [0.2, 0.25) is 0 Å². The molecule has 0 amide bonds. The molecule has 182 valence electrons. The number of H-pyrrole nitrogens is 1. The summed E-state index contributed by atoms with van der Waals surface area (Å²) in [5.41, 5.74) is 5.23. The van der Waals surface area contributed by atoms with Gasteiger partial charge in [-0.05, 0) is 72.2 Å². The molecule has 35 heavy (non-hydrogen) atoms. The van der Waals surface area contributed by atoms with Crippen molar-refractivity contribution in [3.05, 3.63) is 87.0 Å². The summed E-state index contributed by atoms with van der Waals surface area (Å²) in [4.78, 5) is 18.5. The van der Waals surface area contributed by atoms with E-state index in [1.807, 2.05) is 23.7 Å². The van der Waals surface area contributed by atoms with Gasteiger partial charge in [0.05, 0.1) is 18.1 Å². The van der Waals surface area contributed by atoms with Crippen molar-refractivity contribution < 1.29 is 0 Å². The van der Waals surface area contributed by atoms with Gasteiger partial charge in [0.15, 0.2) is 5.82 Å². The number of hydrogen-bond acceptors (Lipinski definition) is 5. The van der Waals surface area contributed by atoms with Crippen molar-refractivity contribution in [1.82, 2.24) is 30.1 Å². The minimum Gasteiger partial charge on any atom is -0.321 e. The van der Waals surface area contributed by atoms with Crippen molar-refractivity contribution in [1.29, 1.82) is 0 Å². The van der Waals surface area contributed by atoms with Crippen molar-refractivity contribution in [3.63, 3.8) is 0 Å². The SMILES string of the molecule is Cc1cc(C)c2[nH]c(=O)c(CN(CCc3ccccc3)Cc3nnnn3C3CCCCC3)cc2c1. The molecule has 1 aliphatic carbocycles. The lowest BCUT2D eigenvalue weighted by molar-refractivity contribution is 0.235. The van der Waals surface area contributed by atoms with Crippen LogP contribution in [0, 0.1) is 13.8 Å². The monoisotopic (exact) mass is 470 g/mol. The Balaban J connectivity index is 1.42. The van der Waals surface area contributed by atoms with E-state index in [1.54, 1.807) is 0 Å². The molecular weight excluding hydrogens is 436 g/mol. The Bertz CT molecular complexity index is 1340. The van der Waals surface area contributed by atoms with Gasteiger partial charge in [-0.3, -0.25) is 9.69 Å². The van der Waals surface area contributed by atoms with Crippen LogP contribution in [0.3, 0.4) is 0 Å². The lowest BCUT2D eigenvalue weighted by Crippen LogP contribution is -2.30. The molecule has 7 heteroatoms. The molecule has 0 saturated heterocycles. The van der Waals surface area contributed by atoms with Crippen LogP contribution < -0.4 is 5.56 Å². The van der Waals surface area contributed by atoms with E-state index < -0.39 is 0 Å². The number of tetrazole rings is 1. The molecule has 1 saturated carbocycles. The fourth-order valence-electron chi connectivity index (χ4n) is 5.36. The summed E-state index contributed by atoms with van der Waals surface area (Å²) >= 11 is 0. The first-order chi connectivity index (χ1) is 17.1. The molecule has 2 heterocycles. The normalized spacial score (nSPS) is 14.7. The summed E-state index contributed by atoms with van der Waals surface area (Å²) in [5.74, 6) is 0.883. The van der Waals surface area contributed by atoms with Gasteiger partial charge in [-0.25, -0.2) is 4.68 Å². The Morgan fingerprint density at radius 1 is 1.03 bits per heavy atom. The van der Waals surface area contributed by atoms with Crippen LogP contribution in [-0.4, -0.2) is 36.6 Å². The predicted octanol–water partition coefficient (Wildman–Crippen LogP) is 4.88. The molecule has 5 rings (SSSR count). The fraction of sp³-hybridized carbons (Fsp3) is 0.429. The zero-order chi connectivity index (χ0) is 24.2. The number of benzene rings is 2. The molecule has 4 aromatic rings. The summed E-state index contributed by atoms with van der Waals surface area (Å²) in [6.07, 6.45) is 6.91. The second-order valence-corrected chi connectivity index (χ2v) is 9.95. The van der Waals surface area contributed by atoms with E-state index >= 15 is 0 Å². The van der Waals surface area contributed by atoms with E-state index in [9.17, 15) is 4.79 Å². The van der Waals surface area contributed by atoms with E-state index in [1.165, 1.54) is 30.4 Å². The summed E-state index contributed by atoms with van der Waals surface area (Å²) in [7, 11) is 0. The van der Waals surface area contributed by atoms with Gasteiger partial charge in [0.25, 0.3) is 5.56 Å². The number of rotatable bonds is 8. The van der Waals surface area contributed by atoms with E-state index in [-0.39, 0.29) is 5.56 Å². The molecule has 1 aliphatic rings. The van der Waals surface area contributed by atoms with Crippen LogP contribution in [0.25, 0.3) is 10.9 Å². The molecule has 1 N–H and O–H groups in total. The first kappa shape index (κ1) is 23.4. The van der Waals surface area contributed by atoms with Crippen molar-refractivity contribution in [2.75, 3.05) is 6.54 Å². The Morgan fingerprint density at radius 2 is 1.83 bits per heavy atom. The third kappa shape index (κ3) is 5.51. The largest absolute Gasteiger partial charge is 0.321 e. The van der Waals surface area contributed by atoms with Crippen molar-refractivity contribution in [3.8, 4) is 0 Å². The lowest BCUT2D eigenvalue weighted by atomic mass is 9.95. The van der Waals surface area contributed by atoms with Crippen molar-refractivity contribution in [2.45, 2.75) is 71.5 Å². The van der Waals surface area contributed by atoms with E-state index in [0.29, 0.717) is 19.1 Å². The number of hydrogen-bond donors (Lipinski definition) is 1. The van der Waals surface area contributed by atoms with Crippen LogP contribution in [0.4, 0.5) is 0 Å². The zero-order valence-electron chi connectivity index (χ0n) is 20.7. The molecule has 0 radical (unpaired) electrons. The van der Waals surface area contributed by atoms with Crippen LogP contribution in [0.1, 0.15) is 66.2 Å². The summed E-state index contributed by atoms with van der Waals surface area (Å²) in [6, 6.07) is 17.2. The Kier molecular flexibility index (Phi) is 7.04. The molecule has 2 aromatic heterocycles. The highest BCUT2D eigenvalue weighted by atomic mass is 16.1. The highest BCUT2D eigenvalue weighted by Gasteiger charge is 2.22. The van der Waals surface area contributed by atoms with Gasteiger partial charge in [0, 0.05) is 18.7 Å². The van der Waals surface area contributed by atoms with Crippen LogP contribution in [0.5, 0.6) is 0 Å². The lowest BCUT2D eigenvalue weighted by Gasteiger charge is -2.25. The van der Waals surface area contributed by atoms with E-state index in [4.69, 9.17) is 0 Å². The maximum atomic E-state index is 13.1. The zero-order valence-corrected chi connectivity index (χ0v) is 20.7. The van der Waals surface area contributed by atoms with Crippen molar-refractivity contribution in [2.24, 2.45) is 0 Å². The Labute approximate surface area is 206 Å². The summed E-state index contributed by atoms with van der Waals surface area (Å²) in [6.45, 7) is 6.10. The maximum absolute atomic E-state index is 13.1. The van der Waals surface area contributed by atoms with Gasteiger partial charge < -0.3 is 4.98 Å². The molecule has 0 aliphatic heterocycles. The number of nitrogens with zero attached hydrogens (tertiary/aromatic N) is 5. The Morgan fingerprint density at radius 3 is 2.63 bits per heavy atom. The van der Waals surface area contributed by atoms with Crippen LogP contribution in [-0.2, 0) is 19.5 Å². The molecular formula is C28H34N6O. The van der Waals surface area contributed by atoms with E-state index in [0.717, 1.165) is 53.7 Å². The molecule has 2 aromatic carbocycles. The topological polar surface area (TPSA) is 79.7 Å². The van der Waals surface area contributed by atoms with Crippen molar-refractivity contribution >= 4 is 10.9 Å². The smallest absolute Gasteiger partial charge is 0.252 e. The van der Waals surface area contributed by atoms with Gasteiger partial charge >= 0.3 is 0 Å². The highest BCUT2D eigenvalue weighted by molar-refractivity contribution is 5.82. The molecule has 7 nitrogen and oxygen atoms in total. The average Bonchev–Trinajstić information content (AvgIpc) is 3.33. The van der Waals surface area contributed by atoms with Crippen LogP contribution >= 0.6 is 0 Å². The maximum Gasteiger partial charge on any atom is 0.252 e. The first-order valence-corrected chi connectivity index (χ1v) is 12.7. The van der Waals surface area contributed by atoms with E-state index in [2.05, 4.69) is 68.7 Å². The summed E-state index contributed by atoms with van der Waals surface area (Å²) in [5, 5.41) is 13.9. The minimum absolute atomic E-state index is 0.0268.